The van der Waals surface area contributed by atoms with Gasteiger partial charge in [0, 0.05) is 20.0 Å². The van der Waals surface area contributed by atoms with Gasteiger partial charge in [-0.2, -0.15) is 0 Å². The average Bonchev–Trinajstić information content (AvgIpc) is 2.28. The van der Waals surface area contributed by atoms with Crippen LogP contribution in [0.1, 0.15) is 33.6 Å². The number of piperidine rings is 1. The number of halogens is 3. The first-order chi connectivity index (χ1) is 8.73. The topological polar surface area (TPSA) is 32.3 Å². The minimum atomic E-state index is -3.07. The van der Waals surface area contributed by atoms with E-state index in [9.17, 15) is 18.0 Å². The van der Waals surface area contributed by atoms with Crippen LogP contribution in [0.3, 0.4) is 0 Å². The van der Waals surface area contributed by atoms with E-state index in [1.807, 2.05) is 0 Å². The van der Waals surface area contributed by atoms with Gasteiger partial charge in [0.05, 0.1) is 0 Å². The highest BCUT2D eigenvalue weighted by Crippen LogP contribution is 2.45. The SMILES string of the molecule is CCNC(=O)C1(C(C)(F)F)CCN(CC(C)F)CC1. The molecule has 0 aliphatic carbocycles. The lowest BCUT2D eigenvalue weighted by Gasteiger charge is -2.43. The van der Waals surface area contributed by atoms with E-state index in [4.69, 9.17) is 0 Å². The maximum atomic E-state index is 13.9. The molecule has 1 atom stereocenters. The van der Waals surface area contributed by atoms with E-state index in [0.717, 1.165) is 6.92 Å². The maximum Gasteiger partial charge on any atom is 0.259 e. The Morgan fingerprint density at radius 1 is 1.42 bits per heavy atom. The molecule has 1 fully saturated rings. The molecular weight excluding hydrogens is 257 g/mol. The smallest absolute Gasteiger partial charge is 0.259 e. The summed E-state index contributed by atoms with van der Waals surface area (Å²) in [5, 5.41) is 2.51. The van der Waals surface area contributed by atoms with Gasteiger partial charge in [0.2, 0.25) is 5.91 Å². The van der Waals surface area contributed by atoms with Crippen molar-refractivity contribution in [1.82, 2.24) is 10.2 Å². The lowest BCUT2D eigenvalue weighted by molar-refractivity contribution is -0.167. The summed E-state index contributed by atoms with van der Waals surface area (Å²) in [6, 6.07) is 0. The number of carbonyl (C=O) groups is 1. The van der Waals surface area contributed by atoms with E-state index >= 15 is 0 Å². The van der Waals surface area contributed by atoms with Crippen LogP contribution in [0, 0.1) is 5.41 Å². The molecule has 1 aliphatic heterocycles. The second kappa shape index (κ2) is 6.11. The van der Waals surface area contributed by atoms with E-state index in [1.165, 1.54) is 6.92 Å². The molecule has 0 spiro atoms. The predicted molar refractivity (Wildman–Crippen MR) is 68.0 cm³/mol. The van der Waals surface area contributed by atoms with Gasteiger partial charge < -0.3 is 10.2 Å². The first kappa shape index (κ1) is 16.3. The Morgan fingerprint density at radius 3 is 2.32 bits per heavy atom. The van der Waals surface area contributed by atoms with Gasteiger partial charge in [0.15, 0.2) is 0 Å². The summed E-state index contributed by atoms with van der Waals surface area (Å²) < 4.78 is 40.7. The molecule has 1 rings (SSSR count). The first-order valence-corrected chi connectivity index (χ1v) is 6.75. The Hall–Kier alpha value is -0.780. The zero-order valence-electron chi connectivity index (χ0n) is 11.8. The number of nitrogens with zero attached hydrogens (tertiary/aromatic N) is 1. The van der Waals surface area contributed by atoms with Gasteiger partial charge in [-0.1, -0.05) is 0 Å². The van der Waals surface area contributed by atoms with Gasteiger partial charge in [-0.05, 0) is 39.8 Å². The number of rotatable bonds is 5. The molecule has 0 aromatic heterocycles. The van der Waals surface area contributed by atoms with Crippen molar-refractivity contribution in [2.75, 3.05) is 26.2 Å². The number of alkyl halides is 3. The van der Waals surface area contributed by atoms with Crippen molar-refractivity contribution in [3.63, 3.8) is 0 Å². The Kier molecular flexibility index (Phi) is 5.24. The minimum Gasteiger partial charge on any atom is -0.356 e. The highest BCUT2D eigenvalue weighted by Gasteiger charge is 2.56. The Bertz CT molecular complexity index is 308. The molecule has 112 valence electrons. The van der Waals surface area contributed by atoms with Crippen molar-refractivity contribution in [2.45, 2.75) is 45.7 Å². The lowest BCUT2D eigenvalue weighted by atomic mass is 9.72. The molecule has 1 amide bonds. The van der Waals surface area contributed by atoms with E-state index in [2.05, 4.69) is 5.32 Å². The van der Waals surface area contributed by atoms with Crippen LogP contribution in [0.15, 0.2) is 0 Å². The quantitative estimate of drug-likeness (QED) is 0.837. The van der Waals surface area contributed by atoms with Gasteiger partial charge in [0.1, 0.15) is 11.6 Å². The van der Waals surface area contributed by atoms with Crippen LogP contribution in [-0.2, 0) is 4.79 Å². The van der Waals surface area contributed by atoms with Crippen LogP contribution in [0.25, 0.3) is 0 Å². The van der Waals surface area contributed by atoms with Crippen LogP contribution < -0.4 is 5.32 Å². The fraction of sp³-hybridized carbons (Fsp3) is 0.923. The number of hydrogen-bond acceptors (Lipinski definition) is 2. The van der Waals surface area contributed by atoms with Crippen LogP contribution in [0.5, 0.6) is 0 Å². The third-order valence-corrected chi connectivity index (χ3v) is 3.83. The third kappa shape index (κ3) is 3.61. The summed E-state index contributed by atoms with van der Waals surface area (Å²) in [6.45, 7) is 5.18. The van der Waals surface area contributed by atoms with Gasteiger partial charge in [0.25, 0.3) is 5.92 Å². The Morgan fingerprint density at radius 2 is 1.95 bits per heavy atom. The van der Waals surface area contributed by atoms with E-state index in [-0.39, 0.29) is 19.4 Å². The van der Waals surface area contributed by atoms with Crippen LogP contribution >= 0.6 is 0 Å². The molecule has 3 nitrogen and oxygen atoms in total. The fourth-order valence-electron chi connectivity index (χ4n) is 2.67. The largest absolute Gasteiger partial charge is 0.356 e. The van der Waals surface area contributed by atoms with Crippen LogP contribution in [0.4, 0.5) is 13.2 Å². The molecule has 0 aromatic rings. The number of amides is 1. The van der Waals surface area contributed by atoms with Crippen molar-refractivity contribution in [3.8, 4) is 0 Å². The lowest BCUT2D eigenvalue weighted by Crippen LogP contribution is -2.57. The summed E-state index contributed by atoms with van der Waals surface area (Å²) in [5.41, 5.74) is -1.65. The second-order valence-electron chi connectivity index (χ2n) is 5.41. The molecule has 1 N–H and O–H groups in total. The Labute approximate surface area is 112 Å². The molecule has 0 bridgehead atoms. The van der Waals surface area contributed by atoms with E-state index in [1.54, 1.807) is 11.8 Å². The van der Waals surface area contributed by atoms with Crippen molar-refractivity contribution >= 4 is 5.91 Å². The molecule has 1 heterocycles. The zero-order valence-corrected chi connectivity index (χ0v) is 11.8. The van der Waals surface area contributed by atoms with E-state index in [0.29, 0.717) is 19.6 Å². The molecule has 19 heavy (non-hydrogen) atoms. The highest BCUT2D eigenvalue weighted by atomic mass is 19.3. The molecule has 0 aromatic carbocycles. The number of likely N-dealkylation sites (tertiary alicyclic amines) is 1. The Balaban J connectivity index is 2.79. The summed E-state index contributed by atoms with van der Waals surface area (Å²) in [4.78, 5) is 13.8. The molecule has 0 radical (unpaired) electrons. The summed E-state index contributed by atoms with van der Waals surface area (Å²) in [6.07, 6.45) is -0.858. The fourth-order valence-corrected chi connectivity index (χ4v) is 2.67. The van der Waals surface area contributed by atoms with Gasteiger partial charge in [-0.3, -0.25) is 4.79 Å². The van der Waals surface area contributed by atoms with Gasteiger partial charge >= 0.3 is 0 Å². The summed E-state index contributed by atoms with van der Waals surface area (Å²) >= 11 is 0. The third-order valence-electron chi connectivity index (χ3n) is 3.83. The molecule has 0 saturated carbocycles. The van der Waals surface area contributed by atoms with Crippen molar-refractivity contribution in [3.05, 3.63) is 0 Å². The average molecular weight is 280 g/mol. The van der Waals surface area contributed by atoms with Gasteiger partial charge in [-0.25, -0.2) is 13.2 Å². The molecule has 6 heteroatoms. The predicted octanol–water partition coefficient (Wildman–Crippen LogP) is 2.22. The van der Waals surface area contributed by atoms with Crippen molar-refractivity contribution in [1.29, 1.82) is 0 Å². The van der Waals surface area contributed by atoms with E-state index < -0.39 is 23.4 Å². The molecule has 1 unspecified atom stereocenters. The normalized spacial score (nSPS) is 22.0. The van der Waals surface area contributed by atoms with Crippen molar-refractivity contribution in [2.24, 2.45) is 5.41 Å². The number of nitrogens with one attached hydrogen (secondary N) is 1. The number of hydrogen-bond donors (Lipinski definition) is 1. The molecule has 1 aliphatic rings. The van der Waals surface area contributed by atoms with Crippen LogP contribution in [0.2, 0.25) is 0 Å². The summed E-state index contributed by atoms with van der Waals surface area (Å²) in [5.74, 6) is -3.66. The zero-order chi connectivity index (χ0) is 14.7. The van der Waals surface area contributed by atoms with Gasteiger partial charge in [-0.15, -0.1) is 0 Å². The summed E-state index contributed by atoms with van der Waals surface area (Å²) in [7, 11) is 0. The van der Waals surface area contributed by atoms with Crippen molar-refractivity contribution < 1.29 is 18.0 Å². The van der Waals surface area contributed by atoms with Crippen LogP contribution in [-0.4, -0.2) is 49.1 Å². The molecule has 1 saturated heterocycles. The number of carbonyl (C=O) groups excluding carboxylic acids is 1. The second-order valence-corrected chi connectivity index (χ2v) is 5.41. The first-order valence-electron chi connectivity index (χ1n) is 6.75. The standard InChI is InChI=1S/C13H23F3N2O/c1-4-17-11(19)13(12(3,15)16)5-7-18(8-6-13)9-10(2)14/h10H,4-9H2,1-3H3,(H,17,19). The maximum absolute atomic E-state index is 13.9. The monoisotopic (exact) mass is 280 g/mol. The minimum absolute atomic E-state index is 0.0645. The highest BCUT2D eigenvalue weighted by molar-refractivity contribution is 5.83. The molecular formula is C13H23F3N2O.